The van der Waals surface area contributed by atoms with Gasteiger partial charge in [-0.25, -0.2) is 19.8 Å². The molecular formula is C45H26N4O. The van der Waals surface area contributed by atoms with E-state index in [0.717, 1.165) is 60.5 Å². The average molecular weight is 639 g/mol. The zero-order chi connectivity index (χ0) is 33.2. The molecule has 0 bridgehead atoms. The van der Waals surface area contributed by atoms with Crippen LogP contribution in [0.3, 0.4) is 0 Å². The van der Waals surface area contributed by atoms with Gasteiger partial charge in [0.05, 0.1) is 6.57 Å². The second-order valence-electron chi connectivity index (χ2n) is 12.6. The molecular weight excluding hydrogens is 613 g/mol. The van der Waals surface area contributed by atoms with Crippen molar-refractivity contribution >= 4 is 38.4 Å². The first-order chi connectivity index (χ1) is 24.7. The summed E-state index contributed by atoms with van der Waals surface area (Å²) in [5.41, 5.74) is 8.82. The molecule has 5 heteroatoms. The van der Waals surface area contributed by atoms with Gasteiger partial charge in [-0.15, -0.1) is 0 Å². The van der Waals surface area contributed by atoms with Crippen LogP contribution in [0.4, 0.5) is 5.69 Å². The van der Waals surface area contributed by atoms with Crippen molar-refractivity contribution in [1.29, 1.82) is 0 Å². The van der Waals surface area contributed by atoms with Gasteiger partial charge in [0.15, 0.2) is 23.2 Å². The van der Waals surface area contributed by atoms with Crippen LogP contribution in [0.2, 0.25) is 0 Å². The van der Waals surface area contributed by atoms with E-state index >= 15 is 0 Å². The Hall–Kier alpha value is -6.90. The van der Waals surface area contributed by atoms with E-state index in [-0.39, 0.29) is 0 Å². The predicted octanol–water partition coefficient (Wildman–Crippen LogP) is 11.2. The molecule has 9 aromatic rings. The van der Waals surface area contributed by atoms with E-state index in [1.54, 1.807) is 0 Å². The summed E-state index contributed by atoms with van der Waals surface area (Å²) in [4.78, 5) is 19.8. The molecule has 1 aliphatic carbocycles. The molecule has 7 aromatic carbocycles. The average Bonchev–Trinajstić information content (AvgIpc) is 3.72. The summed E-state index contributed by atoms with van der Waals surface area (Å²) in [7, 11) is 0. The summed E-state index contributed by atoms with van der Waals surface area (Å²) in [5.74, 6) is 1.79. The molecule has 1 aliphatic rings. The second-order valence-corrected chi connectivity index (χ2v) is 12.6. The number of furan rings is 1. The van der Waals surface area contributed by atoms with Crippen LogP contribution in [0, 0.1) is 6.57 Å². The third-order valence-corrected chi connectivity index (χ3v) is 9.98. The minimum Gasteiger partial charge on any atom is -0.456 e. The van der Waals surface area contributed by atoms with Crippen LogP contribution < -0.4 is 0 Å². The smallest absolute Gasteiger partial charge is 0.187 e. The number of hydrogen-bond acceptors (Lipinski definition) is 4. The number of nitrogens with zero attached hydrogens (tertiary/aromatic N) is 4. The van der Waals surface area contributed by atoms with Gasteiger partial charge in [-0.1, -0.05) is 133 Å². The molecule has 0 saturated heterocycles. The van der Waals surface area contributed by atoms with E-state index in [1.807, 2.05) is 66.7 Å². The molecule has 0 spiro atoms. The molecule has 0 N–H and O–H groups in total. The van der Waals surface area contributed by atoms with Crippen molar-refractivity contribution in [3.05, 3.63) is 192 Å². The molecule has 2 aromatic heterocycles. The number of para-hydroxylation sites is 1. The minimum absolute atomic E-state index is 0.572. The topological polar surface area (TPSA) is 56.2 Å². The largest absolute Gasteiger partial charge is 0.456 e. The Labute approximate surface area is 288 Å². The fraction of sp³-hybridized carbons (Fsp3) is 0.0222. The number of fused-ring (bicyclic) bond motifs is 7. The molecule has 0 amide bonds. The number of aromatic nitrogens is 3. The van der Waals surface area contributed by atoms with Gasteiger partial charge >= 0.3 is 0 Å². The van der Waals surface area contributed by atoms with E-state index in [0.29, 0.717) is 23.2 Å². The first kappa shape index (κ1) is 28.1. The quantitative estimate of drug-likeness (QED) is 0.180. The van der Waals surface area contributed by atoms with Crippen molar-refractivity contribution < 1.29 is 4.42 Å². The SMILES string of the molecule is [C-]#[N+]c1ccc2cc(-c3nc(-c4cccc5oc6ccccc6c45)nc(C4(c5ccccc5)c5ccccc5-c5ccccc54)n3)ccc2c1. The lowest BCUT2D eigenvalue weighted by Crippen LogP contribution is -2.31. The Morgan fingerprint density at radius 3 is 1.96 bits per heavy atom. The summed E-state index contributed by atoms with van der Waals surface area (Å²) >= 11 is 0. The molecule has 0 unspecified atom stereocenters. The first-order valence-corrected chi connectivity index (χ1v) is 16.6. The van der Waals surface area contributed by atoms with Gasteiger partial charge in [-0.3, -0.25) is 0 Å². The van der Waals surface area contributed by atoms with Crippen molar-refractivity contribution in [2.75, 3.05) is 0 Å². The van der Waals surface area contributed by atoms with Crippen LogP contribution in [0.5, 0.6) is 0 Å². The maximum absolute atomic E-state index is 7.49. The fourth-order valence-electron chi connectivity index (χ4n) is 7.80. The van der Waals surface area contributed by atoms with E-state index < -0.39 is 5.41 Å². The first-order valence-electron chi connectivity index (χ1n) is 16.6. The van der Waals surface area contributed by atoms with E-state index in [4.69, 9.17) is 25.9 Å². The summed E-state index contributed by atoms with van der Waals surface area (Å²) in [6.07, 6.45) is 0. The molecule has 0 saturated carbocycles. The Morgan fingerprint density at radius 2 is 1.16 bits per heavy atom. The van der Waals surface area contributed by atoms with Crippen molar-refractivity contribution in [1.82, 2.24) is 15.0 Å². The molecule has 0 fully saturated rings. The zero-order valence-electron chi connectivity index (χ0n) is 26.7. The highest BCUT2D eigenvalue weighted by molar-refractivity contribution is 6.11. The van der Waals surface area contributed by atoms with Gasteiger partial charge in [0.25, 0.3) is 0 Å². The molecule has 232 valence electrons. The number of hydrogen-bond donors (Lipinski definition) is 0. The summed E-state index contributed by atoms with van der Waals surface area (Å²) in [5, 5.41) is 3.98. The van der Waals surface area contributed by atoms with Crippen LogP contribution >= 0.6 is 0 Å². The lowest BCUT2D eigenvalue weighted by molar-refractivity contribution is 0.669. The Balaban J connectivity index is 1.33. The Morgan fingerprint density at radius 1 is 0.520 bits per heavy atom. The molecule has 10 rings (SSSR count). The molecule has 5 nitrogen and oxygen atoms in total. The normalized spacial score (nSPS) is 12.9. The number of rotatable bonds is 4. The van der Waals surface area contributed by atoms with E-state index in [9.17, 15) is 0 Å². The highest BCUT2D eigenvalue weighted by atomic mass is 16.3. The van der Waals surface area contributed by atoms with Crippen LogP contribution in [0.1, 0.15) is 22.5 Å². The molecule has 0 aliphatic heterocycles. The third-order valence-electron chi connectivity index (χ3n) is 9.98. The summed E-state index contributed by atoms with van der Waals surface area (Å²) in [6.45, 7) is 7.49. The summed E-state index contributed by atoms with van der Waals surface area (Å²) < 4.78 is 6.32. The fourth-order valence-corrected chi connectivity index (χ4v) is 7.80. The Bertz CT molecular complexity index is 2800. The van der Waals surface area contributed by atoms with E-state index in [1.165, 1.54) is 11.1 Å². The van der Waals surface area contributed by atoms with Gasteiger partial charge in [0.2, 0.25) is 0 Å². The second kappa shape index (κ2) is 10.8. The van der Waals surface area contributed by atoms with Crippen molar-refractivity contribution in [2.45, 2.75) is 5.41 Å². The van der Waals surface area contributed by atoms with Gasteiger partial charge in [-0.05, 0) is 62.9 Å². The maximum atomic E-state index is 7.49. The van der Waals surface area contributed by atoms with Crippen LogP contribution in [-0.2, 0) is 5.41 Å². The summed E-state index contributed by atoms with van der Waals surface area (Å²) in [6, 6.07) is 53.9. The number of benzene rings is 7. The van der Waals surface area contributed by atoms with Crippen molar-refractivity contribution in [2.24, 2.45) is 0 Å². The maximum Gasteiger partial charge on any atom is 0.187 e. The van der Waals surface area contributed by atoms with Crippen molar-refractivity contribution in [3.63, 3.8) is 0 Å². The minimum atomic E-state index is -0.811. The monoisotopic (exact) mass is 638 g/mol. The highest BCUT2D eigenvalue weighted by Crippen LogP contribution is 2.55. The van der Waals surface area contributed by atoms with Gasteiger partial charge in [-0.2, -0.15) is 0 Å². The van der Waals surface area contributed by atoms with Gasteiger partial charge < -0.3 is 4.42 Å². The lowest BCUT2D eigenvalue weighted by atomic mass is 9.71. The predicted molar refractivity (Wildman–Crippen MR) is 199 cm³/mol. The standard InChI is InChI=1S/C45H26N4O/c1-46-32-25-24-28-26-30(23-22-29(28)27-32)42-47-43(36-17-11-21-40-41(36)35-16-7-10-20-39(35)50-40)49-44(48-42)45(31-12-3-2-4-13-31)37-18-8-5-14-33(37)34-15-6-9-19-38(34)45/h2-27H. The Kier molecular flexibility index (Phi) is 6.09. The highest BCUT2D eigenvalue weighted by Gasteiger charge is 2.48. The molecule has 2 heterocycles. The third kappa shape index (κ3) is 4.03. The molecule has 0 atom stereocenters. The van der Waals surface area contributed by atoms with Crippen LogP contribution in [0.15, 0.2) is 162 Å². The molecule has 50 heavy (non-hydrogen) atoms. The molecule has 0 radical (unpaired) electrons. The van der Waals surface area contributed by atoms with E-state index in [2.05, 4.69) is 95.8 Å². The van der Waals surface area contributed by atoms with Crippen molar-refractivity contribution in [3.8, 4) is 33.9 Å². The zero-order valence-corrected chi connectivity index (χ0v) is 26.7. The van der Waals surface area contributed by atoms with Gasteiger partial charge in [0.1, 0.15) is 16.6 Å². The van der Waals surface area contributed by atoms with Crippen LogP contribution in [-0.4, -0.2) is 15.0 Å². The van der Waals surface area contributed by atoms with Gasteiger partial charge in [0, 0.05) is 21.9 Å². The van der Waals surface area contributed by atoms with Crippen LogP contribution in [0.25, 0.3) is 71.5 Å². The lowest BCUT2D eigenvalue weighted by Gasteiger charge is -2.32.